The van der Waals surface area contributed by atoms with E-state index in [1.807, 2.05) is 24.3 Å². The van der Waals surface area contributed by atoms with Crippen LogP contribution < -0.4 is 14.9 Å². The van der Waals surface area contributed by atoms with Gasteiger partial charge in [-0.15, -0.1) is 0 Å². The van der Waals surface area contributed by atoms with Gasteiger partial charge in [0.1, 0.15) is 23.3 Å². The van der Waals surface area contributed by atoms with Crippen molar-refractivity contribution in [3.8, 4) is 22.6 Å². The monoisotopic (exact) mass is 538 g/mol. The molecule has 0 unspecified atom stereocenters. The van der Waals surface area contributed by atoms with Crippen LogP contribution >= 0.6 is 0 Å². The number of rotatable bonds is 17. The van der Waals surface area contributed by atoms with Crippen LogP contribution in [0.15, 0.2) is 57.9 Å². The molecule has 0 fully saturated rings. The zero-order valence-electron chi connectivity index (χ0n) is 22.9. The van der Waals surface area contributed by atoms with Gasteiger partial charge < -0.3 is 23.4 Å². The average Bonchev–Trinajstić information content (AvgIpc) is 2.93. The van der Waals surface area contributed by atoms with Crippen molar-refractivity contribution in [3.63, 3.8) is 0 Å². The highest BCUT2D eigenvalue weighted by molar-refractivity contribution is 5.82. The smallest absolute Gasteiger partial charge is 0.305 e. The Morgan fingerprint density at radius 1 is 0.718 bits per heavy atom. The third kappa shape index (κ3) is 9.78. The molecule has 1 heterocycles. The number of fused-ring (bicyclic) bond motifs is 1. The van der Waals surface area contributed by atoms with E-state index in [0.29, 0.717) is 61.6 Å². The number of ether oxygens (including phenoxy) is 4. The van der Waals surface area contributed by atoms with Gasteiger partial charge in [-0.2, -0.15) is 0 Å². The molecule has 0 radical (unpaired) electrons. The number of benzene rings is 2. The van der Waals surface area contributed by atoms with Crippen LogP contribution in [-0.2, 0) is 19.1 Å². The van der Waals surface area contributed by atoms with Gasteiger partial charge >= 0.3 is 11.9 Å². The van der Waals surface area contributed by atoms with Gasteiger partial charge in [0, 0.05) is 18.9 Å². The lowest BCUT2D eigenvalue weighted by atomic mass is 10.1. The molecule has 0 bridgehead atoms. The molecule has 0 saturated carbocycles. The molecule has 39 heavy (non-hydrogen) atoms. The second-order valence-corrected chi connectivity index (χ2v) is 9.09. The Hall–Kier alpha value is -3.81. The fourth-order valence-corrected chi connectivity index (χ4v) is 4.07. The van der Waals surface area contributed by atoms with Crippen LogP contribution in [0.2, 0.25) is 0 Å². The molecule has 0 atom stereocenters. The highest BCUT2D eigenvalue weighted by Gasteiger charge is 2.11. The average molecular weight is 539 g/mol. The minimum atomic E-state index is -0.164. The lowest BCUT2D eigenvalue weighted by molar-refractivity contribution is -0.144. The van der Waals surface area contributed by atoms with E-state index in [9.17, 15) is 14.4 Å². The minimum absolute atomic E-state index is 0.114. The zero-order chi connectivity index (χ0) is 27.9. The third-order valence-corrected chi connectivity index (χ3v) is 6.11. The molecular formula is C31H38O8. The van der Waals surface area contributed by atoms with Crippen LogP contribution in [0.5, 0.6) is 11.5 Å². The maximum absolute atomic E-state index is 13.1. The topological polar surface area (TPSA) is 101 Å². The van der Waals surface area contributed by atoms with E-state index >= 15 is 0 Å². The Morgan fingerprint density at radius 2 is 1.28 bits per heavy atom. The van der Waals surface area contributed by atoms with Crippen LogP contribution in [0.4, 0.5) is 0 Å². The molecule has 0 aliphatic rings. The molecule has 8 heteroatoms. The van der Waals surface area contributed by atoms with Crippen LogP contribution in [0.1, 0.15) is 65.2 Å². The van der Waals surface area contributed by atoms with E-state index in [-0.39, 0.29) is 17.4 Å². The highest BCUT2D eigenvalue weighted by Crippen LogP contribution is 2.25. The van der Waals surface area contributed by atoms with Gasteiger partial charge in [-0.3, -0.25) is 14.4 Å². The first-order chi connectivity index (χ1) is 19.0. The summed E-state index contributed by atoms with van der Waals surface area (Å²) in [5.41, 5.74) is 1.57. The van der Waals surface area contributed by atoms with Gasteiger partial charge in [0.15, 0.2) is 5.43 Å². The molecular weight excluding hydrogens is 500 g/mol. The van der Waals surface area contributed by atoms with E-state index in [0.717, 1.165) is 49.8 Å². The normalized spacial score (nSPS) is 10.8. The summed E-state index contributed by atoms with van der Waals surface area (Å²) in [6.07, 6.45) is 7.30. The maximum atomic E-state index is 13.1. The summed E-state index contributed by atoms with van der Waals surface area (Å²) >= 11 is 0. The van der Waals surface area contributed by atoms with Crippen LogP contribution in [0.3, 0.4) is 0 Å². The number of unbranched alkanes of at least 4 members (excludes halogenated alkanes) is 4. The van der Waals surface area contributed by atoms with Gasteiger partial charge in [-0.25, -0.2) is 0 Å². The first-order valence-electron chi connectivity index (χ1n) is 13.7. The lowest BCUT2D eigenvalue weighted by Gasteiger charge is -2.09. The van der Waals surface area contributed by atoms with Crippen molar-refractivity contribution in [2.75, 3.05) is 26.4 Å². The number of carbonyl (C=O) groups is 2. The minimum Gasteiger partial charge on any atom is -0.494 e. The first-order valence-corrected chi connectivity index (χ1v) is 13.7. The molecule has 1 aromatic heterocycles. The molecule has 2 aromatic carbocycles. The summed E-state index contributed by atoms with van der Waals surface area (Å²) in [6.45, 7) is 5.49. The second kappa shape index (κ2) is 16.2. The Bertz CT molecular complexity index is 1250. The predicted octanol–water partition coefficient (Wildman–Crippen LogP) is 6.46. The van der Waals surface area contributed by atoms with Crippen molar-refractivity contribution >= 4 is 22.9 Å². The second-order valence-electron chi connectivity index (χ2n) is 9.09. The molecule has 0 N–H and O–H groups in total. The summed E-state index contributed by atoms with van der Waals surface area (Å²) in [5.74, 6) is 1.03. The van der Waals surface area contributed by atoms with Gasteiger partial charge in [-0.05, 0) is 82.2 Å². The summed E-state index contributed by atoms with van der Waals surface area (Å²) in [5, 5.41) is 0.484. The molecule has 8 nitrogen and oxygen atoms in total. The van der Waals surface area contributed by atoms with E-state index in [1.165, 1.54) is 6.26 Å². The molecule has 0 spiro atoms. The number of esters is 2. The van der Waals surface area contributed by atoms with Crippen molar-refractivity contribution < 1.29 is 33.0 Å². The molecule has 0 aliphatic carbocycles. The van der Waals surface area contributed by atoms with Gasteiger partial charge in [-0.1, -0.05) is 12.1 Å². The third-order valence-electron chi connectivity index (χ3n) is 6.11. The van der Waals surface area contributed by atoms with Crippen LogP contribution in [0.25, 0.3) is 22.1 Å². The van der Waals surface area contributed by atoms with E-state index in [4.69, 9.17) is 23.4 Å². The summed E-state index contributed by atoms with van der Waals surface area (Å²) < 4.78 is 27.2. The largest absolute Gasteiger partial charge is 0.494 e. The Kier molecular flexibility index (Phi) is 12.4. The van der Waals surface area contributed by atoms with E-state index in [1.54, 1.807) is 32.0 Å². The highest BCUT2D eigenvalue weighted by atomic mass is 16.5. The van der Waals surface area contributed by atoms with Crippen molar-refractivity contribution in [2.24, 2.45) is 0 Å². The standard InChI is InChI=1S/C31H38O8/c1-3-35-29(32)11-7-5-9-19-37-24-15-13-23(14-16-24)27-22-39-28-21-25(17-18-26(28)31(27)34)38-20-10-6-8-12-30(33)36-4-2/h13-18,21-22H,3-12,19-20H2,1-2H3. The molecule has 3 aromatic rings. The molecule has 0 amide bonds. The van der Waals surface area contributed by atoms with Crippen molar-refractivity contribution in [1.29, 1.82) is 0 Å². The summed E-state index contributed by atoms with van der Waals surface area (Å²) in [7, 11) is 0. The number of hydrogen-bond donors (Lipinski definition) is 0. The van der Waals surface area contributed by atoms with Gasteiger partial charge in [0.2, 0.25) is 0 Å². The van der Waals surface area contributed by atoms with E-state index in [2.05, 4.69) is 0 Å². The maximum Gasteiger partial charge on any atom is 0.305 e. The van der Waals surface area contributed by atoms with Crippen LogP contribution in [-0.4, -0.2) is 38.4 Å². The molecule has 3 rings (SSSR count). The van der Waals surface area contributed by atoms with Gasteiger partial charge in [0.25, 0.3) is 0 Å². The van der Waals surface area contributed by atoms with Crippen LogP contribution in [0, 0.1) is 0 Å². The van der Waals surface area contributed by atoms with E-state index < -0.39 is 0 Å². The van der Waals surface area contributed by atoms with Crippen molar-refractivity contribution in [1.82, 2.24) is 0 Å². The number of hydrogen-bond acceptors (Lipinski definition) is 8. The fraction of sp³-hybridized carbons (Fsp3) is 0.452. The van der Waals surface area contributed by atoms with Crippen molar-refractivity contribution in [2.45, 2.75) is 65.2 Å². The predicted molar refractivity (Wildman–Crippen MR) is 149 cm³/mol. The molecule has 210 valence electrons. The summed E-state index contributed by atoms with van der Waals surface area (Å²) in [6, 6.07) is 12.6. The molecule has 0 saturated heterocycles. The Balaban J connectivity index is 1.47. The SMILES string of the molecule is CCOC(=O)CCCCCOc1ccc(-c2coc3cc(OCCCCCC(=O)OCC)ccc3c2=O)cc1. The number of carbonyl (C=O) groups excluding carboxylic acids is 2. The zero-order valence-corrected chi connectivity index (χ0v) is 22.9. The Morgan fingerprint density at radius 3 is 1.87 bits per heavy atom. The molecule has 0 aliphatic heterocycles. The fourth-order valence-electron chi connectivity index (χ4n) is 4.07. The van der Waals surface area contributed by atoms with Crippen molar-refractivity contribution in [3.05, 3.63) is 59.0 Å². The Labute approximate surface area is 229 Å². The first kappa shape index (κ1) is 29.7. The summed E-state index contributed by atoms with van der Waals surface area (Å²) in [4.78, 5) is 35.8. The quantitative estimate of drug-likeness (QED) is 0.142. The van der Waals surface area contributed by atoms with Gasteiger partial charge in [0.05, 0.1) is 37.4 Å². The lowest BCUT2D eigenvalue weighted by Crippen LogP contribution is -2.06.